The van der Waals surface area contributed by atoms with Crippen molar-refractivity contribution in [3.63, 3.8) is 0 Å². The van der Waals surface area contributed by atoms with Crippen molar-refractivity contribution in [2.75, 3.05) is 7.05 Å². The summed E-state index contributed by atoms with van der Waals surface area (Å²) >= 11 is 1.72. The Balaban J connectivity index is 2.17. The lowest BCUT2D eigenvalue weighted by molar-refractivity contribution is -0.0578. The number of alkyl halides is 3. The first-order valence-electron chi connectivity index (χ1n) is 9.03. The first kappa shape index (κ1) is 21.4. The maximum absolute atomic E-state index is 12.8. The first-order valence-corrected chi connectivity index (χ1v) is 9.91. The molecule has 0 N–H and O–H groups in total. The molecule has 0 unspecified atom stereocenters. The number of halogens is 3. The Labute approximate surface area is 163 Å². The van der Waals surface area contributed by atoms with Crippen molar-refractivity contribution < 1.29 is 13.2 Å². The van der Waals surface area contributed by atoms with Gasteiger partial charge in [-0.3, -0.25) is 4.99 Å². The van der Waals surface area contributed by atoms with E-state index in [1.165, 1.54) is 33.8 Å². The first-order chi connectivity index (χ1) is 12.7. The lowest BCUT2D eigenvalue weighted by Gasteiger charge is -2.09. The van der Waals surface area contributed by atoms with Crippen LogP contribution in [0, 0.1) is 6.92 Å². The van der Waals surface area contributed by atoms with Crippen LogP contribution in [0.25, 0.3) is 10.1 Å². The molecule has 0 aliphatic rings. The molecule has 0 amide bonds. The molecule has 146 valence electrons. The molecule has 1 aromatic heterocycles. The molecule has 0 fully saturated rings. The van der Waals surface area contributed by atoms with Gasteiger partial charge in [0.25, 0.3) is 0 Å². The number of nitrogens with zero attached hydrogens (tertiary/aromatic N) is 1. The van der Waals surface area contributed by atoms with E-state index < -0.39 is 11.9 Å². The van der Waals surface area contributed by atoms with Gasteiger partial charge < -0.3 is 0 Å². The molecule has 5 heteroatoms. The Morgan fingerprint density at radius 3 is 2.59 bits per heavy atom. The summed E-state index contributed by atoms with van der Waals surface area (Å²) in [5, 5.41) is 3.49. The van der Waals surface area contributed by atoms with Gasteiger partial charge in [-0.1, -0.05) is 30.7 Å². The van der Waals surface area contributed by atoms with Crippen molar-refractivity contribution in [1.29, 1.82) is 0 Å². The third-order valence-corrected chi connectivity index (χ3v) is 5.65. The van der Waals surface area contributed by atoms with Crippen LogP contribution in [0.3, 0.4) is 0 Å². The second-order valence-corrected chi connectivity index (χ2v) is 7.84. The van der Waals surface area contributed by atoms with Crippen LogP contribution in [0.5, 0.6) is 0 Å². The van der Waals surface area contributed by atoms with Gasteiger partial charge >= 0.3 is 6.18 Å². The highest BCUT2D eigenvalue weighted by molar-refractivity contribution is 7.17. The molecule has 0 atom stereocenters. The number of benzene rings is 1. The molecule has 1 aromatic carbocycles. The molecule has 2 rings (SSSR count). The molecule has 0 aliphatic heterocycles. The van der Waals surface area contributed by atoms with Crippen LogP contribution < -0.4 is 0 Å². The van der Waals surface area contributed by atoms with Gasteiger partial charge in [-0.05, 0) is 79.1 Å². The van der Waals surface area contributed by atoms with Gasteiger partial charge in [0.15, 0.2) is 0 Å². The average molecular weight is 394 g/mol. The Morgan fingerprint density at radius 1 is 1.30 bits per heavy atom. The van der Waals surface area contributed by atoms with E-state index >= 15 is 0 Å². The minimum absolute atomic E-state index is 0.574. The van der Waals surface area contributed by atoms with Crippen molar-refractivity contribution in [3.8, 4) is 0 Å². The zero-order valence-electron chi connectivity index (χ0n) is 16.3. The van der Waals surface area contributed by atoms with E-state index in [9.17, 15) is 13.2 Å². The highest BCUT2D eigenvalue weighted by Gasteiger charge is 2.33. The second-order valence-electron chi connectivity index (χ2n) is 6.92. The van der Waals surface area contributed by atoms with E-state index in [1.54, 1.807) is 18.3 Å². The second kappa shape index (κ2) is 8.87. The summed E-state index contributed by atoms with van der Waals surface area (Å²) in [5.41, 5.74) is 4.75. The van der Waals surface area contributed by atoms with Gasteiger partial charge in [0.05, 0.1) is 0 Å². The molecular formula is C22H26F3NS. The quantitative estimate of drug-likeness (QED) is 0.347. The SMILES string of the molecule is C=C(CC)Cc1csc2cc(CC/C(C)=C/C(=NC)C(F)(F)F)cc(C)c12. The smallest absolute Gasteiger partial charge is 0.284 e. The van der Waals surface area contributed by atoms with Gasteiger partial charge in [-0.25, -0.2) is 0 Å². The fourth-order valence-electron chi connectivity index (χ4n) is 3.11. The zero-order chi connectivity index (χ0) is 20.2. The lowest BCUT2D eigenvalue weighted by Crippen LogP contribution is -2.21. The molecule has 1 nitrogen and oxygen atoms in total. The molecule has 0 saturated heterocycles. The van der Waals surface area contributed by atoms with Crippen molar-refractivity contribution in [1.82, 2.24) is 0 Å². The van der Waals surface area contributed by atoms with Crippen LogP contribution in [-0.4, -0.2) is 18.9 Å². The molecule has 2 aromatic rings. The summed E-state index contributed by atoms with van der Waals surface area (Å²) in [6.07, 6.45) is -0.101. The van der Waals surface area contributed by atoms with Gasteiger partial charge in [0.2, 0.25) is 0 Å². The fourth-order valence-corrected chi connectivity index (χ4v) is 4.21. The minimum Gasteiger partial charge on any atom is -0.284 e. The molecule has 0 saturated carbocycles. The normalized spacial score (nSPS) is 13.4. The zero-order valence-corrected chi connectivity index (χ0v) is 17.2. The van der Waals surface area contributed by atoms with E-state index in [2.05, 4.69) is 42.9 Å². The Bertz CT molecular complexity index is 885. The predicted molar refractivity (Wildman–Crippen MR) is 111 cm³/mol. The standard InChI is InChI=1S/C22H26F3NS/c1-6-14(2)9-18-13-27-19-12-17(11-16(4)21(18)19)8-7-15(3)10-20(26-5)22(23,24)25/h10-13H,2,6-9H2,1,3-5H3/b15-10+,26-20?. The van der Waals surface area contributed by atoms with Crippen LogP contribution in [0.15, 0.2) is 46.3 Å². The summed E-state index contributed by atoms with van der Waals surface area (Å²) in [6.45, 7) is 10.0. The number of aryl methyl sites for hydroxylation is 2. The monoisotopic (exact) mass is 393 g/mol. The number of hydrogen-bond acceptors (Lipinski definition) is 2. The van der Waals surface area contributed by atoms with E-state index in [-0.39, 0.29) is 0 Å². The van der Waals surface area contributed by atoms with E-state index in [1.807, 2.05) is 0 Å². The van der Waals surface area contributed by atoms with Crippen LogP contribution in [0.2, 0.25) is 0 Å². The topological polar surface area (TPSA) is 12.4 Å². The maximum atomic E-state index is 12.8. The number of hydrogen-bond donors (Lipinski definition) is 0. The molecule has 0 radical (unpaired) electrons. The molecular weight excluding hydrogens is 367 g/mol. The molecule has 27 heavy (non-hydrogen) atoms. The molecule has 0 spiro atoms. The molecule has 1 heterocycles. The average Bonchev–Trinajstić information content (AvgIpc) is 2.99. The van der Waals surface area contributed by atoms with Crippen molar-refractivity contribution in [2.24, 2.45) is 4.99 Å². The van der Waals surface area contributed by atoms with Gasteiger partial charge in [0.1, 0.15) is 5.71 Å². The summed E-state index contributed by atoms with van der Waals surface area (Å²) in [7, 11) is 1.17. The Hall–Kier alpha value is -1.88. The third-order valence-electron chi connectivity index (χ3n) is 4.67. The van der Waals surface area contributed by atoms with Crippen LogP contribution in [-0.2, 0) is 12.8 Å². The summed E-state index contributed by atoms with van der Waals surface area (Å²) in [6, 6.07) is 4.32. The van der Waals surface area contributed by atoms with Crippen molar-refractivity contribution in [3.05, 3.63) is 58.0 Å². The number of thiophene rings is 1. The lowest BCUT2D eigenvalue weighted by atomic mass is 9.97. The highest BCUT2D eigenvalue weighted by Crippen LogP contribution is 2.32. The number of allylic oxidation sites excluding steroid dienone is 3. The third kappa shape index (κ3) is 5.55. The predicted octanol–water partition coefficient (Wildman–Crippen LogP) is 7.23. The van der Waals surface area contributed by atoms with Crippen LogP contribution in [0.4, 0.5) is 13.2 Å². The van der Waals surface area contributed by atoms with Gasteiger partial charge in [0, 0.05) is 11.7 Å². The van der Waals surface area contributed by atoms with E-state index in [0.29, 0.717) is 18.4 Å². The Kier molecular flexibility index (Phi) is 7.04. The van der Waals surface area contributed by atoms with E-state index in [4.69, 9.17) is 0 Å². The minimum atomic E-state index is -4.40. The van der Waals surface area contributed by atoms with Crippen LogP contribution >= 0.6 is 11.3 Å². The largest absolute Gasteiger partial charge is 0.432 e. The van der Waals surface area contributed by atoms with Gasteiger partial charge in [-0.2, -0.15) is 13.2 Å². The van der Waals surface area contributed by atoms with Gasteiger partial charge in [-0.15, -0.1) is 11.3 Å². The fraction of sp³-hybridized carbons (Fsp3) is 0.409. The number of aliphatic imine (C=N–C) groups is 1. The maximum Gasteiger partial charge on any atom is 0.432 e. The van der Waals surface area contributed by atoms with Crippen molar-refractivity contribution in [2.45, 2.75) is 52.6 Å². The Morgan fingerprint density at radius 2 is 2.00 bits per heavy atom. The van der Waals surface area contributed by atoms with E-state index in [0.717, 1.165) is 24.5 Å². The highest BCUT2D eigenvalue weighted by atomic mass is 32.1. The van der Waals surface area contributed by atoms with Crippen molar-refractivity contribution >= 4 is 27.1 Å². The van der Waals surface area contributed by atoms with Crippen LogP contribution in [0.1, 0.15) is 43.4 Å². The summed E-state index contributed by atoms with van der Waals surface area (Å²) in [5.74, 6) is 0. The number of fused-ring (bicyclic) bond motifs is 1. The summed E-state index contributed by atoms with van der Waals surface area (Å²) < 4.78 is 39.7. The summed E-state index contributed by atoms with van der Waals surface area (Å²) in [4.78, 5) is 3.35. The molecule has 0 aliphatic carbocycles. The number of rotatable bonds is 7. The molecule has 0 bridgehead atoms.